The van der Waals surface area contributed by atoms with Gasteiger partial charge in [-0.05, 0) is 25.7 Å². The van der Waals surface area contributed by atoms with E-state index in [1.165, 1.54) is 5.92 Å². The summed E-state index contributed by atoms with van der Waals surface area (Å²) in [6.45, 7) is 6.18. The standard InChI is InChI=1S/C8H14Cl/c1-7(2)5-4-6-8(3)9/h6H,4-5H2,1-3H3. The van der Waals surface area contributed by atoms with Crippen molar-refractivity contribution in [3.05, 3.63) is 17.0 Å². The molecule has 0 atom stereocenters. The molecule has 0 aliphatic heterocycles. The number of halogens is 1. The summed E-state index contributed by atoms with van der Waals surface area (Å²) in [4.78, 5) is 0. The number of rotatable bonds is 3. The van der Waals surface area contributed by atoms with Crippen LogP contribution in [0.4, 0.5) is 0 Å². The fourth-order valence-electron chi connectivity index (χ4n) is 0.560. The van der Waals surface area contributed by atoms with Crippen molar-refractivity contribution in [2.24, 2.45) is 0 Å². The van der Waals surface area contributed by atoms with Gasteiger partial charge in [0.15, 0.2) is 0 Å². The molecule has 0 aromatic rings. The summed E-state index contributed by atoms with van der Waals surface area (Å²) in [5.74, 6) is 1.46. The minimum absolute atomic E-state index is 0.899. The molecule has 1 radical (unpaired) electrons. The van der Waals surface area contributed by atoms with Gasteiger partial charge in [0.05, 0.1) is 0 Å². The highest BCUT2D eigenvalue weighted by atomic mass is 35.5. The Bertz CT molecular complexity index is 88.7. The second kappa shape index (κ2) is 4.87. The first-order valence-electron chi connectivity index (χ1n) is 3.24. The molecule has 0 aromatic carbocycles. The van der Waals surface area contributed by atoms with Crippen LogP contribution in [0.25, 0.3) is 0 Å². The van der Waals surface area contributed by atoms with Crippen molar-refractivity contribution in [2.45, 2.75) is 33.6 Å². The average Bonchev–Trinajstić information content (AvgIpc) is 1.63. The Kier molecular flexibility index (Phi) is 4.88. The van der Waals surface area contributed by atoms with E-state index in [-0.39, 0.29) is 0 Å². The number of hydrogen-bond acceptors (Lipinski definition) is 0. The van der Waals surface area contributed by atoms with Gasteiger partial charge in [-0.2, -0.15) is 0 Å². The van der Waals surface area contributed by atoms with E-state index in [1.54, 1.807) is 0 Å². The summed E-state index contributed by atoms with van der Waals surface area (Å²) in [5.41, 5.74) is 0. The Balaban J connectivity index is 3.20. The molecule has 0 aromatic heterocycles. The third-order valence-corrected chi connectivity index (χ3v) is 1.22. The lowest BCUT2D eigenvalue weighted by atomic mass is 10.1. The van der Waals surface area contributed by atoms with Crippen molar-refractivity contribution in [2.75, 3.05) is 0 Å². The van der Waals surface area contributed by atoms with E-state index in [4.69, 9.17) is 11.6 Å². The molecular weight excluding hydrogens is 132 g/mol. The van der Waals surface area contributed by atoms with Crippen LogP contribution in [0, 0.1) is 5.92 Å². The summed E-state index contributed by atoms with van der Waals surface area (Å²) in [6, 6.07) is 0. The number of hydrogen-bond donors (Lipinski definition) is 0. The molecule has 0 N–H and O–H groups in total. The molecule has 0 rings (SSSR count). The monoisotopic (exact) mass is 145 g/mol. The zero-order valence-electron chi connectivity index (χ0n) is 6.37. The third-order valence-electron chi connectivity index (χ3n) is 1.07. The van der Waals surface area contributed by atoms with Crippen LogP contribution in [0.2, 0.25) is 0 Å². The minimum atomic E-state index is 0.899. The van der Waals surface area contributed by atoms with Gasteiger partial charge in [-0.3, -0.25) is 0 Å². The van der Waals surface area contributed by atoms with Gasteiger partial charge in [-0.1, -0.05) is 31.5 Å². The molecule has 0 fully saturated rings. The van der Waals surface area contributed by atoms with E-state index in [0.717, 1.165) is 17.9 Å². The van der Waals surface area contributed by atoms with Crippen LogP contribution in [0.15, 0.2) is 11.1 Å². The highest BCUT2D eigenvalue weighted by Gasteiger charge is 1.90. The lowest BCUT2D eigenvalue weighted by molar-refractivity contribution is 0.850. The molecule has 0 saturated carbocycles. The molecular formula is C8H14Cl. The quantitative estimate of drug-likeness (QED) is 0.570. The maximum atomic E-state index is 5.61. The second-order valence-corrected chi connectivity index (χ2v) is 3.13. The van der Waals surface area contributed by atoms with Crippen molar-refractivity contribution in [1.82, 2.24) is 0 Å². The summed E-state index contributed by atoms with van der Waals surface area (Å²) >= 11 is 5.61. The number of allylic oxidation sites excluding steroid dienone is 2. The van der Waals surface area contributed by atoms with Crippen LogP contribution in [0.3, 0.4) is 0 Å². The Labute approximate surface area is 62.9 Å². The maximum absolute atomic E-state index is 5.61. The van der Waals surface area contributed by atoms with E-state index >= 15 is 0 Å². The van der Waals surface area contributed by atoms with Gasteiger partial charge in [0, 0.05) is 5.03 Å². The van der Waals surface area contributed by atoms with Crippen LogP contribution in [-0.4, -0.2) is 0 Å². The average molecular weight is 146 g/mol. The van der Waals surface area contributed by atoms with Crippen molar-refractivity contribution >= 4 is 11.6 Å². The van der Waals surface area contributed by atoms with Gasteiger partial charge in [0.2, 0.25) is 0 Å². The molecule has 0 unspecified atom stereocenters. The lowest BCUT2D eigenvalue weighted by Gasteiger charge is -1.97. The van der Waals surface area contributed by atoms with Crippen LogP contribution in [-0.2, 0) is 0 Å². The summed E-state index contributed by atoms with van der Waals surface area (Å²) in [5, 5.41) is 0.899. The molecule has 9 heavy (non-hydrogen) atoms. The summed E-state index contributed by atoms with van der Waals surface area (Å²) < 4.78 is 0. The predicted molar refractivity (Wildman–Crippen MR) is 43.4 cm³/mol. The smallest absolute Gasteiger partial charge is 0.0110 e. The minimum Gasteiger partial charge on any atom is -0.0898 e. The molecule has 53 valence electrons. The van der Waals surface area contributed by atoms with Gasteiger partial charge in [0.25, 0.3) is 0 Å². The Hall–Kier alpha value is 0.0300. The molecule has 0 amide bonds. The van der Waals surface area contributed by atoms with E-state index < -0.39 is 0 Å². The highest BCUT2D eigenvalue weighted by Crippen LogP contribution is 2.09. The van der Waals surface area contributed by atoms with Gasteiger partial charge >= 0.3 is 0 Å². The van der Waals surface area contributed by atoms with Gasteiger partial charge in [0.1, 0.15) is 0 Å². The maximum Gasteiger partial charge on any atom is 0.0110 e. The zero-order valence-corrected chi connectivity index (χ0v) is 7.13. The Morgan fingerprint density at radius 2 is 1.89 bits per heavy atom. The lowest BCUT2D eigenvalue weighted by Crippen LogP contribution is -1.80. The summed E-state index contributed by atoms with van der Waals surface area (Å²) in [7, 11) is 0. The van der Waals surface area contributed by atoms with Crippen molar-refractivity contribution in [3.63, 3.8) is 0 Å². The van der Waals surface area contributed by atoms with Crippen LogP contribution < -0.4 is 0 Å². The second-order valence-electron chi connectivity index (χ2n) is 2.54. The largest absolute Gasteiger partial charge is 0.0898 e. The predicted octanol–water partition coefficient (Wildman–Crippen LogP) is 3.52. The fourth-order valence-corrected chi connectivity index (χ4v) is 0.669. The molecule has 0 saturated heterocycles. The molecule has 0 heterocycles. The van der Waals surface area contributed by atoms with E-state index in [9.17, 15) is 0 Å². The first-order chi connectivity index (χ1) is 4.13. The zero-order chi connectivity index (χ0) is 7.28. The highest BCUT2D eigenvalue weighted by molar-refractivity contribution is 6.29. The molecule has 0 aliphatic rings. The van der Waals surface area contributed by atoms with Gasteiger partial charge in [-0.15, -0.1) is 0 Å². The van der Waals surface area contributed by atoms with E-state index in [2.05, 4.69) is 19.9 Å². The Morgan fingerprint density at radius 3 is 2.22 bits per heavy atom. The molecule has 0 nitrogen and oxygen atoms in total. The Morgan fingerprint density at radius 1 is 1.33 bits per heavy atom. The molecule has 0 spiro atoms. The molecule has 0 aliphatic carbocycles. The molecule has 1 heteroatoms. The van der Waals surface area contributed by atoms with Crippen LogP contribution in [0.5, 0.6) is 0 Å². The van der Waals surface area contributed by atoms with Gasteiger partial charge < -0.3 is 0 Å². The third kappa shape index (κ3) is 8.03. The van der Waals surface area contributed by atoms with E-state index in [1.807, 2.05) is 6.92 Å². The summed E-state index contributed by atoms with van der Waals surface area (Å²) in [6.07, 6.45) is 4.29. The van der Waals surface area contributed by atoms with Crippen molar-refractivity contribution < 1.29 is 0 Å². The van der Waals surface area contributed by atoms with E-state index in [0.29, 0.717) is 0 Å². The normalized spacial score (nSPS) is 12.8. The SMILES string of the molecule is C[C](C)CCC=C(C)Cl. The van der Waals surface area contributed by atoms with Crippen molar-refractivity contribution in [3.8, 4) is 0 Å². The molecule has 0 bridgehead atoms. The first kappa shape index (κ1) is 9.03. The van der Waals surface area contributed by atoms with Crippen molar-refractivity contribution in [1.29, 1.82) is 0 Å². The van der Waals surface area contributed by atoms with Gasteiger partial charge in [-0.25, -0.2) is 0 Å². The first-order valence-corrected chi connectivity index (χ1v) is 3.62. The van der Waals surface area contributed by atoms with Crippen LogP contribution >= 0.6 is 11.6 Å². The topological polar surface area (TPSA) is 0 Å². The fraction of sp³-hybridized carbons (Fsp3) is 0.625. The van der Waals surface area contributed by atoms with Crippen LogP contribution in [0.1, 0.15) is 33.6 Å².